The highest BCUT2D eigenvalue weighted by Crippen LogP contribution is 2.40. The molecule has 0 aliphatic carbocycles. The molecule has 24 heavy (non-hydrogen) atoms. The van der Waals surface area contributed by atoms with Crippen LogP contribution in [0.5, 0.6) is 17.2 Å². The molecule has 130 valence electrons. The molecule has 0 unspecified atom stereocenters. The van der Waals surface area contributed by atoms with Crippen molar-refractivity contribution in [3.8, 4) is 17.2 Å². The van der Waals surface area contributed by atoms with Gasteiger partial charge in [-0.1, -0.05) is 0 Å². The van der Waals surface area contributed by atoms with Gasteiger partial charge >= 0.3 is 0 Å². The van der Waals surface area contributed by atoms with E-state index in [0.29, 0.717) is 29.5 Å². The molecule has 0 aliphatic heterocycles. The third kappa shape index (κ3) is 4.17. The Bertz CT molecular complexity index is 703. The SMILES string of the molecule is COc1cc(Cc2cnc(N)nc2N)cc(OC)c1OC(C)(C)O. The van der Waals surface area contributed by atoms with Crippen LogP contribution in [-0.2, 0) is 6.42 Å². The predicted octanol–water partition coefficient (Wildman–Crippen LogP) is 1.36. The highest BCUT2D eigenvalue weighted by atomic mass is 16.6. The van der Waals surface area contributed by atoms with Crippen LogP contribution in [0.3, 0.4) is 0 Å². The summed E-state index contributed by atoms with van der Waals surface area (Å²) in [5, 5.41) is 9.90. The van der Waals surface area contributed by atoms with Gasteiger partial charge in [0.05, 0.1) is 14.2 Å². The molecule has 1 heterocycles. The maximum atomic E-state index is 9.90. The summed E-state index contributed by atoms with van der Waals surface area (Å²) in [6.45, 7) is 3.04. The molecule has 2 aromatic rings. The average molecular weight is 334 g/mol. The first-order valence-corrected chi connectivity index (χ1v) is 7.26. The zero-order chi connectivity index (χ0) is 17.9. The van der Waals surface area contributed by atoms with Crippen molar-refractivity contribution in [2.75, 3.05) is 25.7 Å². The van der Waals surface area contributed by atoms with Crippen LogP contribution in [0, 0.1) is 0 Å². The second kappa shape index (κ2) is 6.79. The number of anilines is 2. The first-order valence-electron chi connectivity index (χ1n) is 7.26. The van der Waals surface area contributed by atoms with E-state index in [0.717, 1.165) is 11.1 Å². The third-order valence-electron chi connectivity index (χ3n) is 3.18. The summed E-state index contributed by atoms with van der Waals surface area (Å²) >= 11 is 0. The van der Waals surface area contributed by atoms with Crippen LogP contribution >= 0.6 is 0 Å². The Labute approximate surface area is 140 Å². The van der Waals surface area contributed by atoms with Gasteiger partial charge in [0.2, 0.25) is 17.5 Å². The van der Waals surface area contributed by atoms with Crippen LogP contribution in [0.4, 0.5) is 11.8 Å². The van der Waals surface area contributed by atoms with Crippen LogP contribution < -0.4 is 25.7 Å². The number of nitrogen functional groups attached to an aromatic ring is 2. The minimum absolute atomic E-state index is 0.125. The zero-order valence-electron chi connectivity index (χ0n) is 14.2. The van der Waals surface area contributed by atoms with Crippen molar-refractivity contribution < 1.29 is 19.3 Å². The summed E-state index contributed by atoms with van der Waals surface area (Å²) in [6, 6.07) is 3.55. The van der Waals surface area contributed by atoms with E-state index in [1.54, 1.807) is 18.3 Å². The van der Waals surface area contributed by atoms with Crippen molar-refractivity contribution in [2.24, 2.45) is 0 Å². The maximum absolute atomic E-state index is 9.90. The summed E-state index contributed by atoms with van der Waals surface area (Å²) < 4.78 is 16.3. The number of rotatable bonds is 6. The highest BCUT2D eigenvalue weighted by Gasteiger charge is 2.22. The molecule has 8 heteroatoms. The lowest BCUT2D eigenvalue weighted by atomic mass is 10.1. The number of nitrogens with two attached hydrogens (primary N) is 2. The van der Waals surface area contributed by atoms with Crippen molar-refractivity contribution in [1.82, 2.24) is 9.97 Å². The summed E-state index contributed by atoms with van der Waals surface area (Å²) in [4.78, 5) is 7.90. The largest absolute Gasteiger partial charge is 0.493 e. The Morgan fingerprint density at radius 3 is 2.17 bits per heavy atom. The van der Waals surface area contributed by atoms with Gasteiger partial charge in [-0.2, -0.15) is 4.98 Å². The molecular weight excluding hydrogens is 312 g/mol. The van der Waals surface area contributed by atoms with Gasteiger partial charge in [-0.15, -0.1) is 0 Å². The van der Waals surface area contributed by atoms with Crippen LogP contribution in [0.25, 0.3) is 0 Å². The smallest absolute Gasteiger partial charge is 0.221 e. The van der Waals surface area contributed by atoms with Crippen LogP contribution in [0.15, 0.2) is 18.3 Å². The number of methoxy groups -OCH3 is 2. The number of ether oxygens (including phenoxy) is 3. The van der Waals surface area contributed by atoms with Gasteiger partial charge in [0.15, 0.2) is 11.5 Å². The van der Waals surface area contributed by atoms with E-state index >= 15 is 0 Å². The van der Waals surface area contributed by atoms with E-state index in [9.17, 15) is 5.11 Å². The molecule has 0 atom stereocenters. The molecule has 0 amide bonds. The first-order chi connectivity index (χ1) is 11.2. The fraction of sp³-hybridized carbons (Fsp3) is 0.375. The van der Waals surface area contributed by atoms with E-state index in [1.165, 1.54) is 28.1 Å². The van der Waals surface area contributed by atoms with Gasteiger partial charge in [-0.05, 0) is 17.7 Å². The lowest BCUT2D eigenvalue weighted by Crippen LogP contribution is -2.27. The molecule has 2 rings (SSSR count). The third-order valence-corrected chi connectivity index (χ3v) is 3.18. The van der Waals surface area contributed by atoms with Gasteiger partial charge in [0.25, 0.3) is 0 Å². The van der Waals surface area contributed by atoms with Gasteiger partial charge in [-0.25, -0.2) is 4.98 Å². The van der Waals surface area contributed by atoms with Crippen LogP contribution in [0.1, 0.15) is 25.0 Å². The van der Waals surface area contributed by atoms with Gasteiger partial charge in [0.1, 0.15) is 5.82 Å². The fourth-order valence-electron chi connectivity index (χ4n) is 2.18. The summed E-state index contributed by atoms with van der Waals surface area (Å²) in [7, 11) is 3.02. The van der Waals surface area contributed by atoms with Crippen LogP contribution in [-0.4, -0.2) is 35.1 Å². The second-order valence-electron chi connectivity index (χ2n) is 5.69. The molecule has 0 bridgehead atoms. The molecule has 1 aromatic heterocycles. The monoisotopic (exact) mass is 334 g/mol. The van der Waals surface area contributed by atoms with Gasteiger partial charge in [0, 0.05) is 32.0 Å². The molecule has 0 radical (unpaired) electrons. The number of benzene rings is 1. The van der Waals surface area contributed by atoms with E-state index in [2.05, 4.69) is 9.97 Å². The topological polar surface area (TPSA) is 126 Å². The molecule has 0 saturated carbocycles. The Morgan fingerprint density at radius 1 is 1.12 bits per heavy atom. The first kappa shape index (κ1) is 17.6. The molecule has 0 spiro atoms. The van der Waals surface area contributed by atoms with E-state index in [4.69, 9.17) is 25.7 Å². The second-order valence-corrected chi connectivity index (χ2v) is 5.69. The van der Waals surface area contributed by atoms with Crippen molar-refractivity contribution in [2.45, 2.75) is 26.1 Å². The number of nitrogens with zero attached hydrogens (tertiary/aromatic N) is 2. The minimum Gasteiger partial charge on any atom is -0.493 e. The van der Waals surface area contributed by atoms with Crippen LogP contribution in [0.2, 0.25) is 0 Å². The lowest BCUT2D eigenvalue weighted by Gasteiger charge is -2.23. The highest BCUT2D eigenvalue weighted by molar-refractivity contribution is 5.55. The average Bonchev–Trinajstić information content (AvgIpc) is 2.49. The Morgan fingerprint density at radius 2 is 1.71 bits per heavy atom. The summed E-state index contributed by atoms with van der Waals surface area (Å²) in [6.07, 6.45) is 2.04. The van der Waals surface area contributed by atoms with Crippen molar-refractivity contribution in [3.05, 3.63) is 29.5 Å². The number of hydrogen-bond acceptors (Lipinski definition) is 8. The molecule has 0 saturated heterocycles. The van der Waals surface area contributed by atoms with Crippen molar-refractivity contribution in [3.63, 3.8) is 0 Å². The summed E-state index contributed by atoms with van der Waals surface area (Å²) in [5.74, 6) is 0.246. The number of hydrogen-bond donors (Lipinski definition) is 3. The molecule has 1 aromatic carbocycles. The van der Waals surface area contributed by atoms with Crippen molar-refractivity contribution in [1.29, 1.82) is 0 Å². The Kier molecular flexibility index (Phi) is 4.99. The lowest BCUT2D eigenvalue weighted by molar-refractivity contribution is -0.106. The minimum atomic E-state index is -1.38. The van der Waals surface area contributed by atoms with Crippen molar-refractivity contribution >= 4 is 11.8 Å². The summed E-state index contributed by atoms with van der Waals surface area (Å²) in [5.41, 5.74) is 13.0. The fourth-order valence-corrected chi connectivity index (χ4v) is 2.18. The molecule has 0 fully saturated rings. The number of aromatic nitrogens is 2. The van der Waals surface area contributed by atoms with Gasteiger partial charge in [-0.3, -0.25) is 0 Å². The normalized spacial score (nSPS) is 11.2. The standard InChI is InChI=1S/C16H22N4O4/c1-16(2,21)24-13-11(22-3)6-9(7-12(13)23-4)5-10-8-19-15(18)20-14(10)17/h6-8,21H,5H2,1-4H3,(H4,17,18,19,20). The number of aliphatic hydroxyl groups is 1. The quantitative estimate of drug-likeness (QED) is 0.676. The zero-order valence-corrected chi connectivity index (χ0v) is 14.2. The molecule has 5 N–H and O–H groups in total. The van der Waals surface area contributed by atoms with E-state index < -0.39 is 5.79 Å². The Balaban J connectivity index is 2.41. The molecule has 0 aliphatic rings. The van der Waals surface area contributed by atoms with Gasteiger partial charge < -0.3 is 30.8 Å². The maximum Gasteiger partial charge on any atom is 0.221 e. The molecule has 8 nitrogen and oxygen atoms in total. The Hall–Kier alpha value is -2.74. The van der Waals surface area contributed by atoms with E-state index in [-0.39, 0.29) is 5.95 Å². The predicted molar refractivity (Wildman–Crippen MR) is 90.1 cm³/mol. The molecular formula is C16H22N4O4. The van der Waals surface area contributed by atoms with E-state index in [1.807, 2.05) is 0 Å².